The number of hydrogen-bond donors (Lipinski definition) is 1. The number of nitrogens with zero attached hydrogens (tertiary/aromatic N) is 4. The van der Waals surface area contributed by atoms with Crippen LogP contribution >= 0.6 is 11.8 Å². The van der Waals surface area contributed by atoms with E-state index in [9.17, 15) is 4.79 Å². The number of benzene rings is 1. The van der Waals surface area contributed by atoms with Gasteiger partial charge in [0.25, 0.3) is 0 Å². The van der Waals surface area contributed by atoms with Crippen LogP contribution in [0, 0.1) is 6.92 Å². The summed E-state index contributed by atoms with van der Waals surface area (Å²) in [6.45, 7) is 1.96. The van der Waals surface area contributed by atoms with Crippen molar-refractivity contribution >= 4 is 23.4 Å². The number of rotatable bonds is 5. The Hall–Kier alpha value is -2.67. The minimum absolute atomic E-state index is 0.0725. The number of para-hydroxylation sites is 1. The topological polar surface area (TPSA) is 72.7 Å². The molecule has 0 unspecified atom stereocenters. The van der Waals surface area contributed by atoms with E-state index in [-0.39, 0.29) is 11.7 Å². The highest BCUT2D eigenvalue weighted by Gasteiger charge is 2.13. The van der Waals surface area contributed by atoms with Crippen molar-refractivity contribution in [1.29, 1.82) is 0 Å². The standard InChI is InChI=1S/C17H17N5OS/c1-12-7-3-4-8-13(12)19-15(23)11-24-17-21-20-16(22(17)2)14-9-5-6-10-18-14/h3-10H,11H2,1-2H3,(H,19,23). The van der Waals surface area contributed by atoms with E-state index in [0.717, 1.165) is 16.9 Å². The summed E-state index contributed by atoms with van der Waals surface area (Å²) in [5.74, 6) is 0.872. The van der Waals surface area contributed by atoms with E-state index in [1.165, 1.54) is 11.8 Å². The van der Waals surface area contributed by atoms with Crippen molar-refractivity contribution in [2.75, 3.05) is 11.1 Å². The molecule has 0 aliphatic carbocycles. The number of aromatic nitrogens is 4. The molecule has 1 aromatic carbocycles. The lowest BCUT2D eigenvalue weighted by molar-refractivity contribution is -0.113. The second-order valence-electron chi connectivity index (χ2n) is 5.23. The molecule has 1 amide bonds. The number of amides is 1. The van der Waals surface area contributed by atoms with E-state index in [0.29, 0.717) is 11.0 Å². The van der Waals surface area contributed by atoms with Gasteiger partial charge in [0.2, 0.25) is 5.91 Å². The largest absolute Gasteiger partial charge is 0.325 e. The first-order valence-corrected chi connectivity index (χ1v) is 8.43. The van der Waals surface area contributed by atoms with Crippen molar-refractivity contribution in [3.8, 4) is 11.5 Å². The maximum Gasteiger partial charge on any atom is 0.234 e. The van der Waals surface area contributed by atoms with E-state index in [1.807, 2.05) is 61.0 Å². The van der Waals surface area contributed by atoms with Gasteiger partial charge in [-0.05, 0) is 30.7 Å². The maximum absolute atomic E-state index is 12.1. The molecule has 0 spiro atoms. The molecule has 24 heavy (non-hydrogen) atoms. The van der Waals surface area contributed by atoms with Crippen molar-refractivity contribution in [2.24, 2.45) is 7.05 Å². The van der Waals surface area contributed by atoms with Crippen LogP contribution in [-0.4, -0.2) is 31.4 Å². The molecule has 0 atom stereocenters. The van der Waals surface area contributed by atoms with Crippen molar-refractivity contribution in [2.45, 2.75) is 12.1 Å². The number of nitrogens with one attached hydrogen (secondary N) is 1. The number of hydrogen-bond acceptors (Lipinski definition) is 5. The maximum atomic E-state index is 12.1. The minimum Gasteiger partial charge on any atom is -0.325 e. The molecule has 3 rings (SSSR count). The fourth-order valence-corrected chi connectivity index (χ4v) is 2.90. The third-order valence-electron chi connectivity index (χ3n) is 3.48. The molecule has 0 fully saturated rings. The van der Waals surface area contributed by atoms with Gasteiger partial charge in [-0.25, -0.2) is 0 Å². The van der Waals surface area contributed by atoms with Crippen LogP contribution in [0.4, 0.5) is 5.69 Å². The molecule has 2 heterocycles. The monoisotopic (exact) mass is 339 g/mol. The van der Waals surface area contributed by atoms with Crippen LogP contribution in [0.3, 0.4) is 0 Å². The summed E-state index contributed by atoms with van der Waals surface area (Å²) in [6.07, 6.45) is 1.71. The summed E-state index contributed by atoms with van der Waals surface area (Å²) in [5.41, 5.74) is 2.62. The van der Waals surface area contributed by atoms with Crippen LogP contribution in [0.15, 0.2) is 53.8 Å². The highest BCUT2D eigenvalue weighted by atomic mass is 32.2. The molecule has 7 heteroatoms. The number of anilines is 1. The van der Waals surface area contributed by atoms with E-state index in [2.05, 4.69) is 20.5 Å². The molecule has 0 aliphatic heterocycles. The van der Waals surface area contributed by atoms with Gasteiger partial charge in [0, 0.05) is 18.9 Å². The van der Waals surface area contributed by atoms with E-state index >= 15 is 0 Å². The van der Waals surface area contributed by atoms with Gasteiger partial charge in [-0.2, -0.15) is 0 Å². The predicted molar refractivity (Wildman–Crippen MR) is 94.8 cm³/mol. The number of thioether (sulfide) groups is 1. The lowest BCUT2D eigenvalue weighted by atomic mass is 10.2. The first kappa shape index (κ1) is 16.2. The Morgan fingerprint density at radius 1 is 1.17 bits per heavy atom. The second kappa shape index (κ2) is 7.27. The molecular formula is C17H17N5OS. The lowest BCUT2D eigenvalue weighted by Crippen LogP contribution is -2.15. The third kappa shape index (κ3) is 3.62. The van der Waals surface area contributed by atoms with Gasteiger partial charge in [-0.1, -0.05) is 36.0 Å². The Morgan fingerprint density at radius 2 is 1.96 bits per heavy atom. The molecule has 122 valence electrons. The zero-order valence-electron chi connectivity index (χ0n) is 13.4. The van der Waals surface area contributed by atoms with Crippen molar-refractivity contribution in [1.82, 2.24) is 19.7 Å². The average molecular weight is 339 g/mol. The molecular weight excluding hydrogens is 322 g/mol. The predicted octanol–water partition coefficient (Wildman–Crippen LogP) is 2.92. The van der Waals surface area contributed by atoms with Gasteiger partial charge in [0.1, 0.15) is 5.69 Å². The Kier molecular flexibility index (Phi) is 4.90. The Labute approximate surface area is 144 Å². The Balaban J connectivity index is 1.64. The summed E-state index contributed by atoms with van der Waals surface area (Å²) in [6, 6.07) is 13.3. The first-order chi connectivity index (χ1) is 11.6. The molecule has 0 bridgehead atoms. The zero-order chi connectivity index (χ0) is 16.9. The smallest absolute Gasteiger partial charge is 0.234 e. The summed E-state index contributed by atoms with van der Waals surface area (Å²) in [4.78, 5) is 16.4. The molecule has 0 radical (unpaired) electrons. The van der Waals surface area contributed by atoms with E-state index in [1.54, 1.807) is 6.20 Å². The van der Waals surface area contributed by atoms with Gasteiger partial charge in [-0.3, -0.25) is 9.78 Å². The fourth-order valence-electron chi connectivity index (χ4n) is 2.19. The molecule has 1 N–H and O–H groups in total. The van der Waals surface area contributed by atoms with Gasteiger partial charge < -0.3 is 9.88 Å². The van der Waals surface area contributed by atoms with E-state index in [4.69, 9.17) is 0 Å². The fraction of sp³-hybridized carbons (Fsp3) is 0.176. The van der Waals surface area contributed by atoms with Gasteiger partial charge in [0.05, 0.1) is 5.75 Å². The summed E-state index contributed by atoms with van der Waals surface area (Å²) in [5, 5.41) is 11.9. The third-order valence-corrected chi connectivity index (χ3v) is 4.50. The summed E-state index contributed by atoms with van der Waals surface area (Å²) < 4.78 is 1.84. The molecule has 6 nitrogen and oxygen atoms in total. The molecule has 0 aliphatic rings. The normalized spacial score (nSPS) is 10.6. The van der Waals surface area contributed by atoms with Crippen LogP contribution in [0.5, 0.6) is 0 Å². The van der Waals surface area contributed by atoms with Crippen LogP contribution in [0.2, 0.25) is 0 Å². The molecule has 2 aromatic heterocycles. The quantitative estimate of drug-likeness (QED) is 0.724. The van der Waals surface area contributed by atoms with Crippen LogP contribution < -0.4 is 5.32 Å². The number of pyridine rings is 1. The molecule has 3 aromatic rings. The highest BCUT2D eigenvalue weighted by Crippen LogP contribution is 2.21. The van der Waals surface area contributed by atoms with Crippen molar-refractivity contribution in [3.63, 3.8) is 0 Å². The summed E-state index contributed by atoms with van der Waals surface area (Å²) >= 11 is 1.35. The molecule has 0 saturated heterocycles. The minimum atomic E-state index is -0.0725. The Bertz CT molecular complexity index is 847. The van der Waals surface area contributed by atoms with Crippen LogP contribution in [0.1, 0.15) is 5.56 Å². The zero-order valence-corrected chi connectivity index (χ0v) is 14.2. The number of carbonyl (C=O) groups is 1. The van der Waals surface area contributed by atoms with Gasteiger partial charge in [-0.15, -0.1) is 10.2 Å². The highest BCUT2D eigenvalue weighted by molar-refractivity contribution is 7.99. The lowest BCUT2D eigenvalue weighted by Gasteiger charge is -2.07. The number of aryl methyl sites for hydroxylation is 1. The average Bonchev–Trinajstić information content (AvgIpc) is 2.97. The first-order valence-electron chi connectivity index (χ1n) is 7.44. The van der Waals surface area contributed by atoms with Crippen molar-refractivity contribution in [3.05, 3.63) is 54.2 Å². The Morgan fingerprint density at radius 3 is 2.71 bits per heavy atom. The van der Waals surface area contributed by atoms with Crippen LogP contribution in [-0.2, 0) is 11.8 Å². The summed E-state index contributed by atoms with van der Waals surface area (Å²) in [7, 11) is 1.87. The van der Waals surface area contributed by atoms with Gasteiger partial charge >= 0.3 is 0 Å². The van der Waals surface area contributed by atoms with E-state index < -0.39 is 0 Å². The number of carbonyl (C=O) groups excluding carboxylic acids is 1. The van der Waals surface area contributed by atoms with Gasteiger partial charge in [0.15, 0.2) is 11.0 Å². The molecule has 0 saturated carbocycles. The van der Waals surface area contributed by atoms with Crippen molar-refractivity contribution < 1.29 is 4.79 Å². The SMILES string of the molecule is Cc1ccccc1NC(=O)CSc1nnc(-c2ccccn2)n1C. The van der Waals surface area contributed by atoms with Crippen LogP contribution in [0.25, 0.3) is 11.5 Å². The second-order valence-corrected chi connectivity index (χ2v) is 6.17.